The third kappa shape index (κ3) is 2.87. The molecule has 0 aliphatic carbocycles. The zero-order valence-corrected chi connectivity index (χ0v) is 10.7. The first-order chi connectivity index (χ1) is 7.72. The number of carbonyl (C=O) groups excluding carboxylic acids is 1. The van der Waals surface area contributed by atoms with Crippen LogP contribution in [0.25, 0.3) is 11.0 Å². The van der Waals surface area contributed by atoms with Crippen LogP contribution in [-0.4, -0.2) is 18.4 Å². The smallest absolute Gasteiger partial charge is 0.214 e. The monoisotopic (exact) mass is 253 g/mol. The average molecular weight is 254 g/mol. The zero-order valence-electron chi connectivity index (χ0n) is 9.90. The summed E-state index contributed by atoms with van der Waals surface area (Å²) in [6.07, 6.45) is 0. The van der Waals surface area contributed by atoms with E-state index in [-0.39, 0.29) is 24.2 Å². The van der Waals surface area contributed by atoms with Crippen molar-refractivity contribution >= 4 is 29.2 Å². The van der Waals surface area contributed by atoms with Gasteiger partial charge in [-0.3, -0.25) is 4.79 Å². The number of furan rings is 1. The minimum absolute atomic E-state index is 0. The van der Waals surface area contributed by atoms with Gasteiger partial charge in [0.1, 0.15) is 5.58 Å². The fourth-order valence-corrected chi connectivity index (χ4v) is 1.72. The van der Waals surface area contributed by atoms with Crippen LogP contribution < -0.4 is 5.32 Å². The fourth-order valence-electron chi connectivity index (χ4n) is 1.72. The van der Waals surface area contributed by atoms with Gasteiger partial charge < -0.3 is 9.73 Å². The lowest BCUT2D eigenvalue weighted by Gasteiger charge is -2.08. The molecule has 0 aliphatic heterocycles. The van der Waals surface area contributed by atoms with Crippen LogP contribution in [0.2, 0.25) is 0 Å². The van der Waals surface area contributed by atoms with Gasteiger partial charge in [-0.1, -0.05) is 25.1 Å². The predicted octanol–water partition coefficient (Wildman–Crippen LogP) is 3.04. The molecule has 0 saturated heterocycles. The maximum atomic E-state index is 11.9. The normalized spacial score (nSPS) is 12.1. The van der Waals surface area contributed by atoms with Gasteiger partial charge in [0.05, 0.1) is 6.04 Å². The van der Waals surface area contributed by atoms with Crippen molar-refractivity contribution in [1.82, 2.24) is 5.32 Å². The van der Waals surface area contributed by atoms with Gasteiger partial charge in [0.15, 0.2) is 5.76 Å². The Morgan fingerprint density at radius 2 is 2.12 bits per heavy atom. The van der Waals surface area contributed by atoms with Gasteiger partial charge in [-0.2, -0.15) is 0 Å². The Balaban J connectivity index is 0.00000144. The number of hydrogen-bond donors (Lipinski definition) is 1. The number of carbonyl (C=O) groups is 1. The summed E-state index contributed by atoms with van der Waals surface area (Å²) in [6, 6.07) is 9.22. The van der Waals surface area contributed by atoms with E-state index in [0.29, 0.717) is 5.76 Å². The van der Waals surface area contributed by atoms with Crippen molar-refractivity contribution in [1.29, 1.82) is 0 Å². The van der Waals surface area contributed by atoms with Gasteiger partial charge in [-0.05, 0) is 25.6 Å². The molecule has 0 fully saturated rings. The van der Waals surface area contributed by atoms with Crippen molar-refractivity contribution in [3.05, 3.63) is 36.1 Å². The van der Waals surface area contributed by atoms with Crippen molar-refractivity contribution in [2.45, 2.75) is 19.9 Å². The third-order valence-corrected chi connectivity index (χ3v) is 2.57. The van der Waals surface area contributed by atoms with E-state index in [0.717, 1.165) is 17.5 Å². The quantitative estimate of drug-likeness (QED) is 0.852. The Morgan fingerprint density at radius 3 is 2.76 bits per heavy atom. The highest BCUT2D eigenvalue weighted by Crippen LogP contribution is 2.19. The molecular formula is C13H16ClNO2. The fraction of sp³-hybridized carbons (Fsp3) is 0.308. The van der Waals surface area contributed by atoms with Gasteiger partial charge in [-0.15, -0.1) is 12.4 Å². The van der Waals surface area contributed by atoms with E-state index in [4.69, 9.17) is 4.42 Å². The van der Waals surface area contributed by atoms with E-state index < -0.39 is 0 Å². The minimum Gasteiger partial charge on any atom is -0.453 e. The third-order valence-electron chi connectivity index (χ3n) is 2.57. The van der Waals surface area contributed by atoms with E-state index >= 15 is 0 Å². The minimum atomic E-state index is -0.203. The number of Topliss-reactive ketones (excluding diaryl/α,β-unsaturated/α-hetero) is 1. The van der Waals surface area contributed by atoms with Crippen molar-refractivity contribution in [2.75, 3.05) is 6.54 Å². The van der Waals surface area contributed by atoms with Crippen LogP contribution in [0.15, 0.2) is 34.7 Å². The largest absolute Gasteiger partial charge is 0.453 e. The number of para-hydroxylation sites is 1. The second-order valence-electron chi connectivity index (χ2n) is 3.79. The second kappa shape index (κ2) is 5.84. The number of likely N-dealkylation sites (N-methyl/N-ethyl adjacent to an activating group) is 1. The van der Waals surface area contributed by atoms with E-state index in [1.165, 1.54) is 0 Å². The molecule has 0 spiro atoms. The number of halogens is 1. The van der Waals surface area contributed by atoms with Crippen molar-refractivity contribution in [3.8, 4) is 0 Å². The molecule has 1 aromatic heterocycles. The number of ketones is 1. The molecule has 0 aliphatic rings. The topological polar surface area (TPSA) is 42.2 Å². The number of benzene rings is 1. The van der Waals surface area contributed by atoms with Gasteiger partial charge in [-0.25, -0.2) is 0 Å². The molecule has 0 unspecified atom stereocenters. The lowest BCUT2D eigenvalue weighted by Crippen LogP contribution is -2.33. The highest BCUT2D eigenvalue weighted by Gasteiger charge is 2.17. The molecule has 92 valence electrons. The van der Waals surface area contributed by atoms with Crippen LogP contribution in [0.3, 0.4) is 0 Å². The number of fused-ring (bicyclic) bond motifs is 1. The Hall–Kier alpha value is -1.32. The van der Waals surface area contributed by atoms with E-state index in [1.54, 1.807) is 6.07 Å². The van der Waals surface area contributed by atoms with E-state index in [1.807, 2.05) is 38.1 Å². The van der Waals surface area contributed by atoms with Crippen molar-refractivity contribution in [3.63, 3.8) is 0 Å². The van der Waals surface area contributed by atoms with Gasteiger partial charge in [0, 0.05) is 5.39 Å². The first kappa shape index (κ1) is 13.7. The SMILES string of the molecule is CCN[C@H](C)C(=O)c1cc2ccccc2o1.Cl. The highest BCUT2D eigenvalue weighted by atomic mass is 35.5. The lowest BCUT2D eigenvalue weighted by atomic mass is 10.1. The lowest BCUT2D eigenvalue weighted by molar-refractivity contribution is 0.0926. The molecule has 2 aromatic rings. The number of nitrogens with one attached hydrogen (secondary N) is 1. The van der Waals surface area contributed by atoms with Crippen LogP contribution in [0, 0.1) is 0 Å². The molecule has 0 amide bonds. The van der Waals surface area contributed by atoms with Gasteiger partial charge in [0.25, 0.3) is 0 Å². The van der Waals surface area contributed by atoms with Gasteiger partial charge >= 0.3 is 0 Å². The van der Waals surface area contributed by atoms with Crippen molar-refractivity contribution < 1.29 is 9.21 Å². The molecule has 0 saturated carbocycles. The maximum Gasteiger partial charge on any atom is 0.214 e. The maximum absolute atomic E-state index is 11.9. The predicted molar refractivity (Wildman–Crippen MR) is 70.9 cm³/mol. The molecule has 1 heterocycles. The molecule has 0 radical (unpaired) electrons. The highest BCUT2D eigenvalue weighted by molar-refractivity contribution is 6.00. The molecule has 1 atom stereocenters. The summed E-state index contributed by atoms with van der Waals surface area (Å²) in [6.45, 7) is 4.59. The Kier molecular flexibility index (Phi) is 4.73. The van der Waals surface area contributed by atoms with Crippen LogP contribution in [0.1, 0.15) is 24.4 Å². The van der Waals surface area contributed by atoms with Crippen LogP contribution >= 0.6 is 12.4 Å². The molecular weight excluding hydrogens is 238 g/mol. The van der Waals surface area contributed by atoms with E-state index in [2.05, 4.69) is 5.32 Å². The Bertz CT molecular complexity index is 474. The molecule has 1 N–H and O–H groups in total. The summed E-state index contributed by atoms with van der Waals surface area (Å²) in [5, 5.41) is 4.05. The number of hydrogen-bond acceptors (Lipinski definition) is 3. The molecule has 3 nitrogen and oxygen atoms in total. The summed E-state index contributed by atoms with van der Waals surface area (Å²) >= 11 is 0. The summed E-state index contributed by atoms with van der Waals surface area (Å²) < 4.78 is 5.51. The molecule has 2 rings (SSSR count). The summed E-state index contributed by atoms with van der Waals surface area (Å²) in [4.78, 5) is 11.9. The first-order valence-electron chi connectivity index (χ1n) is 5.48. The first-order valence-corrected chi connectivity index (χ1v) is 5.48. The molecule has 4 heteroatoms. The molecule has 1 aromatic carbocycles. The second-order valence-corrected chi connectivity index (χ2v) is 3.79. The number of rotatable bonds is 4. The standard InChI is InChI=1S/C13H15NO2.ClH/c1-3-14-9(2)13(15)12-8-10-6-4-5-7-11(10)16-12;/h4-9,14H,3H2,1-2H3;1H/t9-;/m1./s1. The Morgan fingerprint density at radius 1 is 1.41 bits per heavy atom. The van der Waals surface area contributed by atoms with E-state index in [9.17, 15) is 4.79 Å². The van der Waals surface area contributed by atoms with Crippen LogP contribution in [0.4, 0.5) is 0 Å². The van der Waals surface area contributed by atoms with Crippen molar-refractivity contribution in [2.24, 2.45) is 0 Å². The zero-order chi connectivity index (χ0) is 11.5. The summed E-state index contributed by atoms with van der Waals surface area (Å²) in [5.41, 5.74) is 0.759. The van der Waals surface area contributed by atoms with Crippen LogP contribution in [-0.2, 0) is 0 Å². The molecule has 17 heavy (non-hydrogen) atoms. The Labute approximate surface area is 107 Å². The summed E-state index contributed by atoms with van der Waals surface area (Å²) in [7, 11) is 0. The average Bonchev–Trinajstić information content (AvgIpc) is 2.71. The summed E-state index contributed by atoms with van der Waals surface area (Å²) in [5.74, 6) is 0.424. The van der Waals surface area contributed by atoms with Gasteiger partial charge in [0.2, 0.25) is 5.78 Å². The molecule has 0 bridgehead atoms. The van der Waals surface area contributed by atoms with Crippen LogP contribution in [0.5, 0.6) is 0 Å².